The lowest BCUT2D eigenvalue weighted by Gasteiger charge is -2.22. The number of pyridine rings is 1. The Bertz CT molecular complexity index is 524. The van der Waals surface area contributed by atoms with E-state index in [1.807, 2.05) is 12.1 Å². The first-order chi connectivity index (χ1) is 9.26. The Kier molecular flexibility index (Phi) is 4.12. The van der Waals surface area contributed by atoms with E-state index < -0.39 is 0 Å². The summed E-state index contributed by atoms with van der Waals surface area (Å²) in [6.07, 6.45) is 4.95. The second-order valence-corrected chi connectivity index (χ2v) is 3.99. The van der Waals surface area contributed by atoms with Gasteiger partial charge in [0.05, 0.1) is 0 Å². The van der Waals surface area contributed by atoms with Gasteiger partial charge in [-0.3, -0.25) is 4.98 Å². The number of hydrogen-bond acceptors (Lipinski definition) is 6. The molecule has 6 nitrogen and oxygen atoms in total. The normalized spacial score (nSPS) is 10.2. The average Bonchev–Trinajstić information content (AvgIpc) is 2.45. The van der Waals surface area contributed by atoms with E-state index in [1.165, 1.54) is 6.33 Å². The van der Waals surface area contributed by atoms with E-state index in [9.17, 15) is 0 Å². The standard InChI is InChI=1S/C13H18N6/c1-3-19(4-2)13-11(14)12(16-9-17-13)18-10-5-7-15-8-6-10/h5-9H,3-4,14H2,1-2H3,(H,15,16,17,18). The smallest absolute Gasteiger partial charge is 0.159 e. The molecular weight excluding hydrogens is 240 g/mol. The van der Waals surface area contributed by atoms with Gasteiger partial charge in [0.2, 0.25) is 0 Å². The van der Waals surface area contributed by atoms with Crippen molar-refractivity contribution >= 4 is 23.0 Å². The predicted molar refractivity (Wildman–Crippen MR) is 77.5 cm³/mol. The van der Waals surface area contributed by atoms with Crippen molar-refractivity contribution in [2.75, 3.05) is 29.0 Å². The summed E-state index contributed by atoms with van der Waals surface area (Å²) in [5.74, 6) is 1.37. The summed E-state index contributed by atoms with van der Waals surface area (Å²) in [7, 11) is 0. The fourth-order valence-electron chi connectivity index (χ4n) is 1.83. The van der Waals surface area contributed by atoms with Gasteiger partial charge in [-0.25, -0.2) is 9.97 Å². The van der Waals surface area contributed by atoms with E-state index in [1.54, 1.807) is 12.4 Å². The lowest BCUT2D eigenvalue weighted by Crippen LogP contribution is -2.24. The summed E-state index contributed by atoms with van der Waals surface area (Å²) >= 11 is 0. The summed E-state index contributed by atoms with van der Waals surface area (Å²) in [5, 5.41) is 3.17. The fourth-order valence-corrected chi connectivity index (χ4v) is 1.83. The van der Waals surface area contributed by atoms with Gasteiger partial charge in [-0.2, -0.15) is 0 Å². The highest BCUT2D eigenvalue weighted by atomic mass is 15.2. The van der Waals surface area contributed by atoms with Crippen molar-refractivity contribution in [3.8, 4) is 0 Å². The molecular formula is C13H18N6. The summed E-state index contributed by atoms with van der Waals surface area (Å²) in [6, 6.07) is 3.72. The number of nitrogens with zero attached hydrogens (tertiary/aromatic N) is 4. The summed E-state index contributed by atoms with van der Waals surface area (Å²) < 4.78 is 0. The first-order valence-electron chi connectivity index (χ1n) is 6.28. The van der Waals surface area contributed by atoms with Crippen LogP contribution in [-0.2, 0) is 0 Å². The quantitative estimate of drug-likeness (QED) is 0.854. The fraction of sp³-hybridized carbons (Fsp3) is 0.308. The Morgan fingerprint density at radius 2 is 1.84 bits per heavy atom. The summed E-state index contributed by atoms with van der Waals surface area (Å²) in [6.45, 7) is 5.85. The summed E-state index contributed by atoms with van der Waals surface area (Å²) in [5.41, 5.74) is 7.59. The maximum atomic E-state index is 6.14. The van der Waals surface area contributed by atoms with E-state index in [0.29, 0.717) is 11.5 Å². The van der Waals surface area contributed by atoms with Gasteiger partial charge in [-0.15, -0.1) is 0 Å². The maximum absolute atomic E-state index is 6.14. The molecule has 0 atom stereocenters. The highest BCUT2D eigenvalue weighted by Crippen LogP contribution is 2.27. The Morgan fingerprint density at radius 3 is 2.47 bits per heavy atom. The molecule has 2 aromatic rings. The molecule has 0 aromatic carbocycles. The van der Waals surface area contributed by atoms with Crippen LogP contribution >= 0.6 is 0 Å². The van der Waals surface area contributed by atoms with Crippen LogP contribution in [0.25, 0.3) is 0 Å². The molecule has 0 aliphatic rings. The molecule has 19 heavy (non-hydrogen) atoms. The number of hydrogen-bond donors (Lipinski definition) is 2. The highest BCUT2D eigenvalue weighted by Gasteiger charge is 2.12. The van der Waals surface area contributed by atoms with Gasteiger partial charge < -0.3 is 16.0 Å². The molecule has 0 amide bonds. The molecule has 0 saturated heterocycles. The van der Waals surface area contributed by atoms with Crippen molar-refractivity contribution < 1.29 is 0 Å². The van der Waals surface area contributed by atoms with Crippen molar-refractivity contribution in [2.24, 2.45) is 0 Å². The van der Waals surface area contributed by atoms with Crippen LogP contribution < -0.4 is 16.0 Å². The van der Waals surface area contributed by atoms with E-state index in [2.05, 4.69) is 39.0 Å². The first-order valence-corrected chi connectivity index (χ1v) is 6.28. The van der Waals surface area contributed by atoms with Crippen LogP contribution in [0.4, 0.5) is 23.0 Å². The highest BCUT2D eigenvalue weighted by molar-refractivity contribution is 5.78. The third kappa shape index (κ3) is 2.90. The lowest BCUT2D eigenvalue weighted by atomic mass is 10.3. The van der Waals surface area contributed by atoms with Crippen molar-refractivity contribution in [3.63, 3.8) is 0 Å². The lowest BCUT2D eigenvalue weighted by molar-refractivity contribution is 0.844. The topological polar surface area (TPSA) is 80.0 Å². The first kappa shape index (κ1) is 13.1. The molecule has 0 spiro atoms. The minimum absolute atomic E-state index is 0.558. The van der Waals surface area contributed by atoms with Crippen LogP contribution in [0.15, 0.2) is 30.9 Å². The molecule has 2 aromatic heterocycles. The Hall–Kier alpha value is -2.37. The van der Waals surface area contributed by atoms with Crippen molar-refractivity contribution in [1.82, 2.24) is 15.0 Å². The second kappa shape index (κ2) is 5.99. The molecule has 2 rings (SSSR count). The van der Waals surface area contributed by atoms with Gasteiger partial charge in [0.1, 0.15) is 12.0 Å². The monoisotopic (exact) mass is 258 g/mol. The SMILES string of the molecule is CCN(CC)c1ncnc(Nc2ccncc2)c1N. The van der Waals surface area contributed by atoms with Gasteiger partial charge in [-0.1, -0.05) is 0 Å². The molecule has 0 aliphatic heterocycles. The van der Waals surface area contributed by atoms with E-state index >= 15 is 0 Å². The number of nitrogen functional groups attached to an aromatic ring is 1. The zero-order valence-electron chi connectivity index (χ0n) is 11.2. The number of nitrogens with two attached hydrogens (primary N) is 1. The minimum Gasteiger partial charge on any atom is -0.393 e. The van der Waals surface area contributed by atoms with Crippen LogP contribution in [0.2, 0.25) is 0 Å². The molecule has 0 aliphatic carbocycles. The van der Waals surface area contributed by atoms with Crippen LogP contribution in [-0.4, -0.2) is 28.0 Å². The van der Waals surface area contributed by atoms with Crippen molar-refractivity contribution in [2.45, 2.75) is 13.8 Å². The molecule has 2 heterocycles. The number of anilines is 4. The van der Waals surface area contributed by atoms with Gasteiger partial charge in [0.15, 0.2) is 11.6 Å². The van der Waals surface area contributed by atoms with Crippen molar-refractivity contribution in [3.05, 3.63) is 30.9 Å². The van der Waals surface area contributed by atoms with Crippen LogP contribution in [0.5, 0.6) is 0 Å². The Balaban J connectivity index is 2.30. The molecule has 0 bridgehead atoms. The number of rotatable bonds is 5. The molecule has 100 valence electrons. The number of aromatic nitrogens is 3. The molecule has 0 unspecified atom stereocenters. The summed E-state index contributed by atoms with van der Waals surface area (Å²) in [4.78, 5) is 14.5. The Morgan fingerprint density at radius 1 is 1.16 bits per heavy atom. The van der Waals surface area contributed by atoms with Gasteiger partial charge in [0.25, 0.3) is 0 Å². The van der Waals surface area contributed by atoms with E-state index in [0.717, 1.165) is 24.6 Å². The molecule has 6 heteroatoms. The molecule has 0 radical (unpaired) electrons. The minimum atomic E-state index is 0.558. The molecule has 0 saturated carbocycles. The third-order valence-electron chi connectivity index (χ3n) is 2.87. The Labute approximate surface area is 112 Å². The van der Waals surface area contributed by atoms with Crippen LogP contribution in [0.1, 0.15) is 13.8 Å². The van der Waals surface area contributed by atoms with E-state index in [-0.39, 0.29) is 0 Å². The number of nitrogens with one attached hydrogen (secondary N) is 1. The third-order valence-corrected chi connectivity index (χ3v) is 2.87. The maximum Gasteiger partial charge on any atom is 0.159 e. The van der Waals surface area contributed by atoms with Gasteiger partial charge >= 0.3 is 0 Å². The second-order valence-electron chi connectivity index (χ2n) is 3.99. The van der Waals surface area contributed by atoms with Crippen LogP contribution in [0.3, 0.4) is 0 Å². The van der Waals surface area contributed by atoms with Gasteiger partial charge in [-0.05, 0) is 26.0 Å². The zero-order chi connectivity index (χ0) is 13.7. The zero-order valence-corrected chi connectivity index (χ0v) is 11.2. The van der Waals surface area contributed by atoms with E-state index in [4.69, 9.17) is 5.73 Å². The molecule has 0 fully saturated rings. The van der Waals surface area contributed by atoms with Gasteiger partial charge in [0, 0.05) is 31.2 Å². The van der Waals surface area contributed by atoms with Crippen LogP contribution in [0, 0.1) is 0 Å². The predicted octanol–water partition coefficient (Wildman–Crippen LogP) is 2.04. The van der Waals surface area contributed by atoms with Crippen molar-refractivity contribution in [1.29, 1.82) is 0 Å². The molecule has 3 N–H and O–H groups in total. The average molecular weight is 258 g/mol. The largest absolute Gasteiger partial charge is 0.393 e.